The summed E-state index contributed by atoms with van der Waals surface area (Å²) in [6, 6.07) is 14.3. The maximum atomic E-state index is 12.8. The molecule has 1 N–H and O–H groups in total. The highest BCUT2D eigenvalue weighted by molar-refractivity contribution is 5.76. The zero-order valence-electron chi connectivity index (χ0n) is 14.1. The lowest BCUT2D eigenvalue weighted by Crippen LogP contribution is -2.28. The second-order valence-electron chi connectivity index (χ2n) is 5.72. The number of hydrogen-bond donors (Lipinski definition) is 1. The molecule has 1 amide bonds. The maximum Gasteiger partial charge on any atom is 0.220 e. The molecule has 0 unspecified atom stereocenters. The van der Waals surface area contributed by atoms with Gasteiger partial charge in [-0.15, -0.1) is 0 Å². The van der Waals surface area contributed by atoms with E-state index in [1.165, 1.54) is 17.7 Å². The third-order valence-corrected chi connectivity index (χ3v) is 3.71. The van der Waals surface area contributed by atoms with E-state index < -0.39 is 0 Å². The predicted molar refractivity (Wildman–Crippen MR) is 93.7 cm³/mol. The van der Waals surface area contributed by atoms with Crippen molar-refractivity contribution in [2.24, 2.45) is 0 Å². The summed E-state index contributed by atoms with van der Waals surface area (Å²) in [5.41, 5.74) is 2.26. The molecule has 0 fully saturated rings. The van der Waals surface area contributed by atoms with Gasteiger partial charge in [0.2, 0.25) is 5.91 Å². The van der Waals surface area contributed by atoms with Crippen molar-refractivity contribution in [3.63, 3.8) is 0 Å². The molecule has 0 atom stereocenters. The standard InChI is InChI=1S/C20H24FNO2/c1-2-3-16-6-11-19(12-7-16)24-15-14-22-20(23)13-8-17-4-9-18(21)10-5-17/h4-7,9-12H,2-3,8,13-15H2,1H3,(H,22,23). The monoisotopic (exact) mass is 329 g/mol. The predicted octanol–water partition coefficient (Wildman–Crippen LogP) is 3.91. The first kappa shape index (κ1) is 18.0. The van der Waals surface area contributed by atoms with Gasteiger partial charge in [-0.05, 0) is 48.2 Å². The topological polar surface area (TPSA) is 38.3 Å². The first-order chi connectivity index (χ1) is 11.7. The van der Waals surface area contributed by atoms with E-state index in [0.717, 1.165) is 24.2 Å². The zero-order chi connectivity index (χ0) is 17.2. The SMILES string of the molecule is CCCc1ccc(OCCNC(=O)CCc2ccc(F)cc2)cc1. The van der Waals surface area contributed by atoms with Gasteiger partial charge in [0.25, 0.3) is 0 Å². The second-order valence-corrected chi connectivity index (χ2v) is 5.72. The van der Waals surface area contributed by atoms with Crippen molar-refractivity contribution in [3.05, 3.63) is 65.5 Å². The van der Waals surface area contributed by atoms with E-state index in [4.69, 9.17) is 4.74 Å². The van der Waals surface area contributed by atoms with Crippen molar-refractivity contribution in [1.82, 2.24) is 5.32 Å². The molecule has 0 saturated heterocycles. The molecule has 0 aliphatic rings. The van der Waals surface area contributed by atoms with Gasteiger partial charge in [-0.3, -0.25) is 4.79 Å². The summed E-state index contributed by atoms with van der Waals surface area (Å²) in [5.74, 6) is 0.528. The van der Waals surface area contributed by atoms with Crippen LogP contribution in [0.25, 0.3) is 0 Å². The van der Waals surface area contributed by atoms with Crippen LogP contribution in [0, 0.1) is 5.82 Å². The third kappa shape index (κ3) is 6.41. The van der Waals surface area contributed by atoms with Gasteiger partial charge in [-0.1, -0.05) is 37.6 Å². The van der Waals surface area contributed by atoms with Gasteiger partial charge in [0.05, 0.1) is 6.54 Å². The van der Waals surface area contributed by atoms with E-state index in [1.807, 2.05) is 12.1 Å². The van der Waals surface area contributed by atoms with Crippen LogP contribution >= 0.6 is 0 Å². The van der Waals surface area contributed by atoms with Crippen molar-refractivity contribution in [1.29, 1.82) is 0 Å². The van der Waals surface area contributed by atoms with Gasteiger partial charge in [0, 0.05) is 6.42 Å². The molecule has 3 nitrogen and oxygen atoms in total. The van der Waals surface area contributed by atoms with Crippen LogP contribution in [-0.2, 0) is 17.6 Å². The fourth-order valence-corrected chi connectivity index (χ4v) is 2.40. The molecule has 2 rings (SSSR count). The van der Waals surface area contributed by atoms with E-state index in [0.29, 0.717) is 26.0 Å². The van der Waals surface area contributed by atoms with E-state index in [9.17, 15) is 9.18 Å². The Morgan fingerprint density at radius 3 is 2.29 bits per heavy atom. The van der Waals surface area contributed by atoms with E-state index in [1.54, 1.807) is 12.1 Å². The summed E-state index contributed by atoms with van der Waals surface area (Å²) >= 11 is 0. The molecule has 0 aromatic heterocycles. The van der Waals surface area contributed by atoms with Gasteiger partial charge < -0.3 is 10.1 Å². The third-order valence-electron chi connectivity index (χ3n) is 3.71. The number of carbonyl (C=O) groups is 1. The van der Waals surface area contributed by atoms with Crippen LogP contribution in [0.1, 0.15) is 30.9 Å². The lowest BCUT2D eigenvalue weighted by molar-refractivity contribution is -0.121. The number of aryl methyl sites for hydroxylation is 2. The Morgan fingerprint density at radius 2 is 1.62 bits per heavy atom. The summed E-state index contributed by atoms with van der Waals surface area (Å²) < 4.78 is 18.4. The van der Waals surface area contributed by atoms with Crippen molar-refractivity contribution < 1.29 is 13.9 Å². The highest BCUT2D eigenvalue weighted by atomic mass is 19.1. The number of ether oxygens (including phenoxy) is 1. The number of amides is 1. The molecule has 2 aromatic carbocycles. The smallest absolute Gasteiger partial charge is 0.220 e. The minimum absolute atomic E-state index is 0.0266. The van der Waals surface area contributed by atoms with E-state index in [-0.39, 0.29) is 11.7 Å². The van der Waals surface area contributed by atoms with Crippen LogP contribution < -0.4 is 10.1 Å². The Balaban J connectivity index is 1.61. The van der Waals surface area contributed by atoms with Crippen LogP contribution in [-0.4, -0.2) is 19.1 Å². The Labute approximate surface area is 142 Å². The Morgan fingerprint density at radius 1 is 1.00 bits per heavy atom. The van der Waals surface area contributed by atoms with Crippen LogP contribution in [0.2, 0.25) is 0 Å². The van der Waals surface area contributed by atoms with Gasteiger partial charge in [0.1, 0.15) is 18.2 Å². The van der Waals surface area contributed by atoms with Gasteiger partial charge >= 0.3 is 0 Å². The van der Waals surface area contributed by atoms with Crippen molar-refractivity contribution in [3.8, 4) is 5.75 Å². The van der Waals surface area contributed by atoms with E-state index in [2.05, 4.69) is 24.4 Å². The molecular weight excluding hydrogens is 305 g/mol. The quantitative estimate of drug-likeness (QED) is 0.709. The average molecular weight is 329 g/mol. The Bertz CT molecular complexity index is 623. The molecule has 0 bridgehead atoms. The van der Waals surface area contributed by atoms with E-state index >= 15 is 0 Å². The van der Waals surface area contributed by atoms with Gasteiger partial charge in [0.15, 0.2) is 0 Å². The number of benzene rings is 2. The Kier molecular flexibility index (Phi) is 7.27. The number of carbonyl (C=O) groups excluding carboxylic acids is 1. The molecular formula is C20H24FNO2. The molecule has 0 radical (unpaired) electrons. The molecule has 128 valence electrons. The fourth-order valence-electron chi connectivity index (χ4n) is 2.40. The molecule has 4 heteroatoms. The molecule has 0 spiro atoms. The second kappa shape index (κ2) is 9.71. The largest absolute Gasteiger partial charge is 0.492 e. The van der Waals surface area contributed by atoms with Crippen molar-refractivity contribution in [2.75, 3.05) is 13.2 Å². The number of hydrogen-bond acceptors (Lipinski definition) is 2. The fraction of sp³-hybridized carbons (Fsp3) is 0.350. The highest BCUT2D eigenvalue weighted by Gasteiger charge is 2.02. The highest BCUT2D eigenvalue weighted by Crippen LogP contribution is 2.13. The van der Waals surface area contributed by atoms with Crippen LogP contribution in [0.5, 0.6) is 5.75 Å². The van der Waals surface area contributed by atoms with Crippen LogP contribution in [0.3, 0.4) is 0 Å². The lowest BCUT2D eigenvalue weighted by Gasteiger charge is -2.08. The molecule has 0 aliphatic carbocycles. The summed E-state index contributed by atoms with van der Waals surface area (Å²) in [7, 11) is 0. The Hall–Kier alpha value is -2.36. The van der Waals surface area contributed by atoms with Gasteiger partial charge in [-0.25, -0.2) is 4.39 Å². The number of rotatable bonds is 9. The van der Waals surface area contributed by atoms with Crippen molar-refractivity contribution >= 4 is 5.91 Å². The molecule has 0 heterocycles. The zero-order valence-corrected chi connectivity index (χ0v) is 14.1. The van der Waals surface area contributed by atoms with Crippen LogP contribution in [0.4, 0.5) is 4.39 Å². The first-order valence-electron chi connectivity index (χ1n) is 8.40. The number of halogens is 1. The summed E-state index contributed by atoms with van der Waals surface area (Å²) in [5, 5.41) is 2.83. The summed E-state index contributed by atoms with van der Waals surface area (Å²) in [6.07, 6.45) is 3.19. The summed E-state index contributed by atoms with van der Waals surface area (Å²) in [6.45, 7) is 3.07. The summed E-state index contributed by atoms with van der Waals surface area (Å²) in [4.78, 5) is 11.8. The number of nitrogens with one attached hydrogen (secondary N) is 1. The van der Waals surface area contributed by atoms with Crippen molar-refractivity contribution in [2.45, 2.75) is 32.6 Å². The first-order valence-corrected chi connectivity index (χ1v) is 8.40. The average Bonchev–Trinajstić information content (AvgIpc) is 2.60. The molecule has 0 saturated carbocycles. The minimum Gasteiger partial charge on any atom is -0.492 e. The maximum absolute atomic E-state index is 12.8. The lowest BCUT2D eigenvalue weighted by atomic mass is 10.1. The molecule has 0 aliphatic heterocycles. The normalized spacial score (nSPS) is 10.4. The van der Waals surface area contributed by atoms with Gasteiger partial charge in [-0.2, -0.15) is 0 Å². The molecule has 24 heavy (non-hydrogen) atoms. The minimum atomic E-state index is -0.261. The molecule has 2 aromatic rings. The van der Waals surface area contributed by atoms with Crippen LogP contribution in [0.15, 0.2) is 48.5 Å².